The summed E-state index contributed by atoms with van der Waals surface area (Å²) in [5.41, 5.74) is -1.19. The Morgan fingerprint density at radius 2 is 1.50 bits per heavy atom. The summed E-state index contributed by atoms with van der Waals surface area (Å²) in [4.78, 5) is 36.6. The monoisotopic (exact) mass is 340 g/mol. The first-order valence-corrected chi connectivity index (χ1v) is 8.06. The average Bonchev–Trinajstić information content (AvgIpc) is 2.35. The van der Waals surface area contributed by atoms with Gasteiger partial charge < -0.3 is 9.47 Å². The Morgan fingerprint density at radius 1 is 1.00 bits per heavy atom. The van der Waals surface area contributed by atoms with Crippen molar-refractivity contribution in [1.82, 2.24) is 5.01 Å². The van der Waals surface area contributed by atoms with E-state index in [9.17, 15) is 14.4 Å². The third-order valence-electron chi connectivity index (χ3n) is 3.36. The van der Waals surface area contributed by atoms with Gasteiger partial charge in [-0.15, -0.1) is 0 Å². The van der Waals surface area contributed by atoms with Crippen molar-refractivity contribution in [3.05, 3.63) is 0 Å². The van der Waals surface area contributed by atoms with E-state index in [1.54, 1.807) is 55.4 Å². The molecule has 24 heavy (non-hydrogen) atoms. The number of amides is 1. The van der Waals surface area contributed by atoms with Crippen LogP contribution in [0.2, 0.25) is 0 Å². The predicted octanol–water partition coefficient (Wildman–Crippen LogP) is 2.14. The number of esters is 2. The zero-order valence-corrected chi connectivity index (χ0v) is 15.8. The molecule has 0 spiro atoms. The maximum atomic E-state index is 12.3. The van der Waals surface area contributed by atoms with E-state index in [2.05, 4.69) is 5.10 Å². The average molecular weight is 340 g/mol. The van der Waals surface area contributed by atoms with E-state index in [1.807, 2.05) is 0 Å². The number of carbonyl (C=O) groups excluding carboxylic acids is 3. The van der Waals surface area contributed by atoms with Crippen molar-refractivity contribution < 1.29 is 23.9 Å². The highest BCUT2D eigenvalue weighted by Crippen LogP contribution is 2.24. The van der Waals surface area contributed by atoms with Crippen LogP contribution in [-0.2, 0) is 23.9 Å². The first-order chi connectivity index (χ1) is 10.7. The van der Waals surface area contributed by atoms with Gasteiger partial charge in [-0.2, -0.15) is 5.10 Å². The minimum absolute atomic E-state index is 0.139. The highest BCUT2D eigenvalue weighted by molar-refractivity contribution is 6.38. The van der Waals surface area contributed by atoms with E-state index in [0.717, 1.165) is 5.01 Å². The molecule has 0 saturated carbocycles. The zero-order valence-electron chi connectivity index (χ0n) is 15.8. The molecule has 0 aromatic carbocycles. The smallest absolute Gasteiger partial charge is 0.355 e. The summed E-state index contributed by atoms with van der Waals surface area (Å²) in [7, 11) is 0. The molecule has 0 bridgehead atoms. The topological polar surface area (TPSA) is 85.3 Å². The predicted molar refractivity (Wildman–Crippen MR) is 89.2 cm³/mol. The van der Waals surface area contributed by atoms with Crippen LogP contribution >= 0.6 is 0 Å². The van der Waals surface area contributed by atoms with E-state index in [4.69, 9.17) is 9.47 Å². The van der Waals surface area contributed by atoms with Gasteiger partial charge in [-0.25, -0.2) is 9.80 Å². The lowest BCUT2D eigenvalue weighted by molar-refractivity contribution is -0.160. The molecule has 0 unspecified atom stereocenters. The largest absolute Gasteiger partial charge is 0.459 e. The van der Waals surface area contributed by atoms with Crippen LogP contribution < -0.4 is 0 Å². The molecule has 0 radical (unpaired) electrons. The Morgan fingerprint density at radius 3 is 1.96 bits per heavy atom. The fourth-order valence-corrected chi connectivity index (χ4v) is 2.12. The second-order valence-corrected chi connectivity index (χ2v) is 8.05. The lowest BCUT2D eigenvalue weighted by atomic mass is 9.89. The molecule has 1 aliphatic heterocycles. The molecule has 2 atom stereocenters. The molecule has 0 saturated heterocycles. The molecule has 136 valence electrons. The Bertz CT molecular complexity index is 554. The van der Waals surface area contributed by atoms with Crippen LogP contribution in [0.15, 0.2) is 5.10 Å². The normalized spacial score (nSPS) is 22.1. The van der Waals surface area contributed by atoms with Crippen LogP contribution in [0.1, 0.15) is 55.4 Å². The molecule has 1 amide bonds. The van der Waals surface area contributed by atoms with Gasteiger partial charge in [-0.3, -0.25) is 9.59 Å². The van der Waals surface area contributed by atoms with Crippen molar-refractivity contribution in [2.24, 2.45) is 16.9 Å². The molecule has 0 N–H and O–H groups in total. The maximum Gasteiger partial charge on any atom is 0.355 e. The fourth-order valence-electron chi connectivity index (χ4n) is 2.12. The van der Waals surface area contributed by atoms with Crippen molar-refractivity contribution in [2.45, 2.75) is 66.6 Å². The van der Waals surface area contributed by atoms with E-state index < -0.39 is 29.1 Å². The highest BCUT2D eigenvalue weighted by Gasteiger charge is 2.39. The molecular weight excluding hydrogens is 312 g/mol. The van der Waals surface area contributed by atoms with Gasteiger partial charge in [0.05, 0.1) is 0 Å². The Kier molecular flexibility index (Phi) is 5.79. The summed E-state index contributed by atoms with van der Waals surface area (Å²) < 4.78 is 10.6. The second kappa shape index (κ2) is 6.91. The van der Waals surface area contributed by atoms with Gasteiger partial charge in [0.15, 0.2) is 0 Å². The summed E-state index contributed by atoms with van der Waals surface area (Å²) in [5.74, 6) is -2.34. The third-order valence-corrected chi connectivity index (χ3v) is 3.36. The zero-order chi connectivity index (χ0) is 18.9. The molecule has 0 aliphatic carbocycles. The molecular formula is C17H28N2O5. The Labute approximate surface area is 143 Å². The summed E-state index contributed by atoms with van der Waals surface area (Å²) in [6, 6.07) is 0. The van der Waals surface area contributed by atoms with Gasteiger partial charge in [-0.05, 0) is 41.5 Å². The quantitative estimate of drug-likeness (QED) is 0.735. The number of hydrazone groups is 1. The van der Waals surface area contributed by atoms with Crippen molar-refractivity contribution in [1.29, 1.82) is 0 Å². The second-order valence-electron chi connectivity index (χ2n) is 8.05. The SMILES string of the molecule is C[C@@H]1C(=O)N(CC(=O)OC(C)(C)C)N=C(C(=O)OC(C)(C)C)[C@@H]1C. The van der Waals surface area contributed by atoms with E-state index in [1.165, 1.54) is 0 Å². The molecule has 1 aliphatic rings. The Balaban J connectivity index is 3.00. The lowest BCUT2D eigenvalue weighted by Gasteiger charge is -2.32. The number of rotatable bonds is 3. The van der Waals surface area contributed by atoms with Crippen molar-refractivity contribution in [3.63, 3.8) is 0 Å². The van der Waals surface area contributed by atoms with E-state index >= 15 is 0 Å². The van der Waals surface area contributed by atoms with Gasteiger partial charge in [0.2, 0.25) is 5.91 Å². The van der Waals surface area contributed by atoms with Gasteiger partial charge in [0.25, 0.3) is 0 Å². The number of hydrogen-bond acceptors (Lipinski definition) is 6. The summed E-state index contributed by atoms with van der Waals surface area (Å²) >= 11 is 0. The first kappa shape index (κ1) is 20.1. The standard InChI is InChI=1S/C17H28N2O5/c1-10-11(2)14(21)19(9-12(20)23-16(3,4)5)18-13(10)15(22)24-17(6,7)8/h10-11H,9H2,1-8H3/t10-,11+/m1/s1. The highest BCUT2D eigenvalue weighted by atomic mass is 16.6. The third kappa shape index (κ3) is 5.62. The molecule has 0 aromatic heterocycles. The van der Waals surface area contributed by atoms with Crippen LogP contribution in [0.5, 0.6) is 0 Å². The fraction of sp³-hybridized carbons (Fsp3) is 0.765. The van der Waals surface area contributed by atoms with Gasteiger partial charge >= 0.3 is 11.9 Å². The number of carbonyl (C=O) groups is 3. The number of hydrogen-bond donors (Lipinski definition) is 0. The minimum Gasteiger partial charge on any atom is -0.459 e. The first-order valence-electron chi connectivity index (χ1n) is 8.06. The van der Waals surface area contributed by atoms with Gasteiger partial charge in [0, 0.05) is 11.8 Å². The van der Waals surface area contributed by atoms with Gasteiger partial charge in [0.1, 0.15) is 23.5 Å². The van der Waals surface area contributed by atoms with Crippen molar-refractivity contribution in [3.8, 4) is 0 Å². The summed E-state index contributed by atoms with van der Waals surface area (Å²) in [5, 5.41) is 5.07. The molecule has 1 rings (SSSR count). The number of ether oxygens (including phenoxy) is 2. The maximum absolute atomic E-state index is 12.3. The van der Waals surface area contributed by atoms with Crippen LogP contribution in [0.4, 0.5) is 0 Å². The summed E-state index contributed by atoms with van der Waals surface area (Å²) in [6.45, 7) is 13.6. The van der Waals surface area contributed by atoms with Crippen LogP contribution in [0, 0.1) is 11.8 Å². The number of nitrogens with zero attached hydrogens (tertiary/aromatic N) is 2. The van der Waals surface area contributed by atoms with Crippen molar-refractivity contribution in [2.75, 3.05) is 6.54 Å². The molecule has 1 heterocycles. The molecule has 7 heteroatoms. The molecule has 7 nitrogen and oxygen atoms in total. The van der Waals surface area contributed by atoms with Crippen LogP contribution in [0.25, 0.3) is 0 Å². The summed E-state index contributed by atoms with van der Waals surface area (Å²) in [6.07, 6.45) is 0. The molecule has 0 aromatic rings. The minimum atomic E-state index is -0.667. The van der Waals surface area contributed by atoms with E-state index in [-0.39, 0.29) is 24.1 Å². The lowest BCUT2D eigenvalue weighted by Crippen LogP contribution is -2.48. The van der Waals surface area contributed by atoms with Crippen molar-refractivity contribution >= 4 is 23.6 Å². The van der Waals surface area contributed by atoms with Crippen LogP contribution in [-0.4, -0.2) is 46.3 Å². The van der Waals surface area contributed by atoms with E-state index in [0.29, 0.717) is 0 Å². The van der Waals surface area contributed by atoms with Crippen LogP contribution in [0.3, 0.4) is 0 Å². The Hall–Kier alpha value is -1.92. The molecule has 0 fully saturated rings. The van der Waals surface area contributed by atoms with Gasteiger partial charge in [-0.1, -0.05) is 13.8 Å².